The van der Waals surface area contributed by atoms with Crippen LogP contribution in [0, 0.1) is 0 Å². The Morgan fingerprint density at radius 2 is 1.93 bits per heavy atom. The third-order valence-electron chi connectivity index (χ3n) is 5.11. The molecule has 1 aliphatic heterocycles. The summed E-state index contributed by atoms with van der Waals surface area (Å²) < 4.78 is 8.24. The fourth-order valence-electron chi connectivity index (χ4n) is 3.69. The monoisotopic (exact) mass is 454 g/mol. The van der Waals surface area contributed by atoms with E-state index >= 15 is 0 Å². The number of thiazole rings is 1. The van der Waals surface area contributed by atoms with Gasteiger partial charge < -0.3 is 4.42 Å². The standard InChI is InChI=1S/C21H19BrN4OS/c22-15-10-8-14(9-11-15)20-25-24-19(27-20)13-26-12-4-3-6-17(26)21-23-16-5-1-2-7-18(16)28-21/h1-2,5,7-11,17H,3-4,6,12-13H2/t17-/m1/s1. The van der Waals surface area contributed by atoms with Crippen molar-refractivity contribution in [2.75, 3.05) is 6.54 Å². The molecule has 5 rings (SSSR count). The summed E-state index contributed by atoms with van der Waals surface area (Å²) in [5, 5.41) is 9.72. The molecule has 0 aliphatic carbocycles. The van der Waals surface area contributed by atoms with Crippen LogP contribution in [0.2, 0.25) is 0 Å². The highest BCUT2D eigenvalue weighted by atomic mass is 79.9. The van der Waals surface area contributed by atoms with Gasteiger partial charge in [-0.1, -0.05) is 34.5 Å². The minimum Gasteiger partial charge on any atom is -0.419 e. The smallest absolute Gasteiger partial charge is 0.247 e. The molecule has 142 valence electrons. The second-order valence-electron chi connectivity index (χ2n) is 7.01. The molecule has 0 N–H and O–H groups in total. The van der Waals surface area contributed by atoms with Gasteiger partial charge in [-0.25, -0.2) is 4.98 Å². The Labute approximate surface area is 175 Å². The molecule has 4 aromatic rings. The van der Waals surface area contributed by atoms with Gasteiger partial charge >= 0.3 is 0 Å². The molecule has 2 aromatic carbocycles. The van der Waals surface area contributed by atoms with Gasteiger partial charge in [-0.2, -0.15) is 0 Å². The molecule has 1 atom stereocenters. The number of fused-ring (bicyclic) bond motifs is 1. The largest absolute Gasteiger partial charge is 0.419 e. The Morgan fingerprint density at radius 3 is 2.79 bits per heavy atom. The zero-order chi connectivity index (χ0) is 18.9. The summed E-state index contributed by atoms with van der Waals surface area (Å²) in [7, 11) is 0. The van der Waals surface area contributed by atoms with Crippen LogP contribution in [0.5, 0.6) is 0 Å². The number of likely N-dealkylation sites (tertiary alicyclic amines) is 1. The number of nitrogens with zero attached hydrogens (tertiary/aromatic N) is 4. The van der Waals surface area contributed by atoms with E-state index < -0.39 is 0 Å². The van der Waals surface area contributed by atoms with Crippen molar-refractivity contribution >= 4 is 37.5 Å². The van der Waals surface area contributed by atoms with Crippen LogP contribution >= 0.6 is 27.3 Å². The highest BCUT2D eigenvalue weighted by molar-refractivity contribution is 9.10. The SMILES string of the molecule is Brc1ccc(-c2nnc(CN3CCCC[C@@H]3c3nc4ccccc4s3)o2)cc1. The number of hydrogen-bond donors (Lipinski definition) is 0. The van der Waals surface area contributed by atoms with Crippen molar-refractivity contribution in [3.63, 3.8) is 0 Å². The Bertz CT molecular complexity index is 1060. The van der Waals surface area contributed by atoms with Crippen molar-refractivity contribution in [1.29, 1.82) is 0 Å². The fourth-order valence-corrected chi connectivity index (χ4v) is 5.09. The summed E-state index contributed by atoms with van der Waals surface area (Å²) in [5.41, 5.74) is 2.02. The number of rotatable bonds is 4. The summed E-state index contributed by atoms with van der Waals surface area (Å²) in [6.07, 6.45) is 3.54. The number of benzene rings is 2. The quantitative estimate of drug-likeness (QED) is 0.387. The second-order valence-corrected chi connectivity index (χ2v) is 8.99. The van der Waals surface area contributed by atoms with Crippen molar-refractivity contribution in [2.24, 2.45) is 0 Å². The van der Waals surface area contributed by atoms with Crippen molar-refractivity contribution in [3.8, 4) is 11.5 Å². The lowest BCUT2D eigenvalue weighted by Crippen LogP contribution is -2.33. The molecule has 0 radical (unpaired) electrons. The van der Waals surface area contributed by atoms with Crippen LogP contribution < -0.4 is 0 Å². The summed E-state index contributed by atoms with van der Waals surface area (Å²) in [5.74, 6) is 1.22. The van der Waals surface area contributed by atoms with Crippen molar-refractivity contribution in [3.05, 3.63) is 63.9 Å². The van der Waals surface area contributed by atoms with Gasteiger partial charge in [-0.15, -0.1) is 21.5 Å². The highest BCUT2D eigenvalue weighted by Crippen LogP contribution is 2.36. The Kier molecular flexibility index (Phi) is 4.96. The number of halogens is 1. The summed E-state index contributed by atoms with van der Waals surface area (Å²) in [6, 6.07) is 16.6. The van der Waals surface area contributed by atoms with Crippen LogP contribution in [-0.4, -0.2) is 26.6 Å². The van der Waals surface area contributed by atoms with Crippen molar-refractivity contribution < 1.29 is 4.42 Å². The summed E-state index contributed by atoms with van der Waals surface area (Å²) in [6.45, 7) is 1.68. The Hall–Kier alpha value is -2.09. The number of piperidine rings is 1. The predicted molar refractivity (Wildman–Crippen MR) is 114 cm³/mol. The summed E-state index contributed by atoms with van der Waals surface area (Å²) in [4.78, 5) is 7.33. The molecule has 0 amide bonds. The van der Waals surface area contributed by atoms with Gasteiger partial charge in [-0.05, 0) is 55.8 Å². The lowest BCUT2D eigenvalue weighted by atomic mass is 10.0. The van der Waals surface area contributed by atoms with Gasteiger partial charge in [0.05, 0.1) is 22.8 Å². The predicted octanol–water partition coefficient (Wildman–Crippen LogP) is 5.84. The molecule has 0 unspecified atom stereocenters. The van der Waals surface area contributed by atoms with E-state index in [9.17, 15) is 0 Å². The maximum absolute atomic E-state index is 5.96. The van der Waals surface area contributed by atoms with E-state index in [1.165, 1.54) is 22.5 Å². The average Bonchev–Trinajstić information content (AvgIpc) is 3.36. The van der Waals surface area contributed by atoms with E-state index in [4.69, 9.17) is 9.40 Å². The topological polar surface area (TPSA) is 55.1 Å². The zero-order valence-electron chi connectivity index (χ0n) is 15.2. The van der Waals surface area contributed by atoms with E-state index in [1.807, 2.05) is 30.3 Å². The lowest BCUT2D eigenvalue weighted by Gasteiger charge is -2.33. The Balaban J connectivity index is 1.38. The van der Waals surface area contributed by atoms with Crippen LogP contribution in [0.1, 0.15) is 36.2 Å². The van der Waals surface area contributed by atoms with E-state index in [1.54, 1.807) is 11.3 Å². The average molecular weight is 455 g/mol. The maximum atomic E-state index is 5.96. The molecule has 7 heteroatoms. The minimum absolute atomic E-state index is 0.314. The van der Waals surface area contributed by atoms with Gasteiger partial charge in [0.15, 0.2) is 0 Å². The number of aromatic nitrogens is 3. The minimum atomic E-state index is 0.314. The van der Waals surface area contributed by atoms with E-state index in [0.29, 0.717) is 24.4 Å². The third kappa shape index (κ3) is 3.62. The number of hydrogen-bond acceptors (Lipinski definition) is 6. The normalized spacial score (nSPS) is 18.0. The molecular weight excluding hydrogens is 436 g/mol. The zero-order valence-corrected chi connectivity index (χ0v) is 17.6. The molecule has 1 saturated heterocycles. The van der Waals surface area contributed by atoms with Gasteiger partial charge in [0, 0.05) is 10.0 Å². The first-order valence-electron chi connectivity index (χ1n) is 9.44. The van der Waals surface area contributed by atoms with Gasteiger partial charge in [-0.3, -0.25) is 4.90 Å². The van der Waals surface area contributed by atoms with Crippen molar-refractivity contribution in [2.45, 2.75) is 31.8 Å². The van der Waals surface area contributed by atoms with Gasteiger partial charge in [0.1, 0.15) is 5.01 Å². The molecule has 5 nitrogen and oxygen atoms in total. The molecule has 28 heavy (non-hydrogen) atoms. The second kappa shape index (κ2) is 7.73. The van der Waals surface area contributed by atoms with Gasteiger partial charge in [0.25, 0.3) is 0 Å². The lowest BCUT2D eigenvalue weighted by molar-refractivity contribution is 0.128. The first-order valence-corrected chi connectivity index (χ1v) is 11.0. The maximum Gasteiger partial charge on any atom is 0.247 e. The van der Waals surface area contributed by atoms with Crippen LogP contribution in [-0.2, 0) is 6.54 Å². The third-order valence-corrected chi connectivity index (χ3v) is 6.77. The van der Waals surface area contributed by atoms with Crippen LogP contribution in [0.25, 0.3) is 21.7 Å². The van der Waals surface area contributed by atoms with Crippen LogP contribution in [0.4, 0.5) is 0 Å². The molecule has 3 heterocycles. The molecular formula is C21H19BrN4OS. The molecule has 1 aliphatic rings. The molecule has 2 aromatic heterocycles. The summed E-state index contributed by atoms with van der Waals surface area (Å²) >= 11 is 5.25. The molecule has 0 bridgehead atoms. The molecule has 0 spiro atoms. The fraction of sp³-hybridized carbons (Fsp3) is 0.286. The van der Waals surface area contributed by atoms with Crippen LogP contribution in [0.15, 0.2) is 57.4 Å². The van der Waals surface area contributed by atoms with E-state index in [0.717, 1.165) is 28.5 Å². The molecule has 1 fully saturated rings. The van der Waals surface area contributed by atoms with Crippen molar-refractivity contribution in [1.82, 2.24) is 20.1 Å². The highest BCUT2D eigenvalue weighted by Gasteiger charge is 2.28. The molecule has 0 saturated carbocycles. The Morgan fingerprint density at radius 1 is 1.07 bits per heavy atom. The van der Waals surface area contributed by atoms with Crippen LogP contribution in [0.3, 0.4) is 0 Å². The van der Waals surface area contributed by atoms with E-state index in [-0.39, 0.29) is 0 Å². The number of para-hydroxylation sites is 1. The first-order chi connectivity index (χ1) is 13.8. The first kappa shape index (κ1) is 18.0. The van der Waals surface area contributed by atoms with E-state index in [2.05, 4.69) is 49.2 Å². The van der Waals surface area contributed by atoms with Gasteiger partial charge in [0.2, 0.25) is 11.8 Å².